The molecule has 0 amide bonds. The van der Waals surface area contributed by atoms with Crippen LogP contribution in [0.15, 0.2) is 24.4 Å². The lowest BCUT2D eigenvalue weighted by Crippen LogP contribution is -2.00. The zero-order valence-electron chi connectivity index (χ0n) is 7.95. The van der Waals surface area contributed by atoms with Gasteiger partial charge in [-0.25, -0.2) is 4.98 Å². The van der Waals surface area contributed by atoms with Crippen LogP contribution >= 0.6 is 0 Å². The van der Waals surface area contributed by atoms with Gasteiger partial charge in [-0.15, -0.1) is 0 Å². The molecule has 0 saturated carbocycles. The molecule has 1 aromatic rings. The van der Waals surface area contributed by atoms with Gasteiger partial charge in [0.25, 0.3) is 0 Å². The van der Waals surface area contributed by atoms with E-state index in [4.69, 9.17) is 10.5 Å². The van der Waals surface area contributed by atoms with Gasteiger partial charge in [-0.05, 0) is 25.5 Å². The maximum atomic E-state index is 5.69. The first kappa shape index (κ1) is 9.58. The van der Waals surface area contributed by atoms with Crippen LogP contribution in [0.2, 0.25) is 0 Å². The summed E-state index contributed by atoms with van der Waals surface area (Å²) in [5.74, 6) is 0.503. The highest BCUT2D eigenvalue weighted by atomic mass is 16.5. The van der Waals surface area contributed by atoms with Crippen molar-refractivity contribution in [3.8, 4) is 5.88 Å². The molecule has 0 aliphatic heterocycles. The molecular formula is C10H14N2O. The van der Waals surface area contributed by atoms with Gasteiger partial charge < -0.3 is 10.5 Å². The molecule has 1 aromatic heterocycles. The highest BCUT2D eigenvalue weighted by molar-refractivity contribution is 5.49. The van der Waals surface area contributed by atoms with Gasteiger partial charge in [0, 0.05) is 6.20 Å². The summed E-state index contributed by atoms with van der Waals surface area (Å²) in [5, 5.41) is 0. The number of nitrogen functional groups attached to an aromatic ring is 1. The van der Waals surface area contributed by atoms with E-state index < -0.39 is 0 Å². The van der Waals surface area contributed by atoms with E-state index in [1.807, 2.05) is 32.1 Å². The molecule has 0 saturated heterocycles. The van der Waals surface area contributed by atoms with Crippen molar-refractivity contribution in [2.24, 2.45) is 0 Å². The van der Waals surface area contributed by atoms with Crippen LogP contribution in [-0.4, -0.2) is 11.6 Å². The van der Waals surface area contributed by atoms with Crippen LogP contribution in [0.5, 0.6) is 5.88 Å². The molecule has 13 heavy (non-hydrogen) atoms. The van der Waals surface area contributed by atoms with Crippen molar-refractivity contribution in [2.45, 2.75) is 13.8 Å². The summed E-state index contributed by atoms with van der Waals surface area (Å²) in [6.45, 7) is 4.39. The predicted molar refractivity (Wildman–Crippen MR) is 53.7 cm³/mol. The molecule has 0 aliphatic rings. The fourth-order valence-corrected chi connectivity index (χ4v) is 0.923. The van der Waals surface area contributed by atoms with E-state index in [-0.39, 0.29) is 0 Å². The lowest BCUT2D eigenvalue weighted by atomic mass is 10.3. The predicted octanol–water partition coefficient (Wildman–Crippen LogP) is 1.93. The third-order valence-corrected chi connectivity index (χ3v) is 1.57. The fourth-order valence-electron chi connectivity index (χ4n) is 0.923. The molecule has 0 unspecified atom stereocenters. The number of anilines is 1. The maximum Gasteiger partial charge on any atom is 0.237 e. The first-order valence-corrected chi connectivity index (χ1v) is 4.20. The monoisotopic (exact) mass is 178 g/mol. The van der Waals surface area contributed by atoms with Crippen molar-refractivity contribution in [3.63, 3.8) is 0 Å². The van der Waals surface area contributed by atoms with E-state index in [9.17, 15) is 0 Å². The summed E-state index contributed by atoms with van der Waals surface area (Å²) in [4.78, 5) is 4.07. The van der Waals surface area contributed by atoms with Gasteiger partial charge in [-0.1, -0.05) is 12.2 Å². The molecule has 0 atom stereocenters. The fraction of sp³-hybridized carbons (Fsp3) is 0.300. The van der Waals surface area contributed by atoms with Gasteiger partial charge in [0.2, 0.25) is 5.88 Å². The van der Waals surface area contributed by atoms with E-state index in [1.165, 1.54) is 0 Å². The highest BCUT2D eigenvalue weighted by Crippen LogP contribution is 2.17. The number of aromatic nitrogens is 1. The lowest BCUT2D eigenvalue weighted by Gasteiger charge is -2.05. The van der Waals surface area contributed by atoms with E-state index in [0.29, 0.717) is 18.2 Å². The Morgan fingerprint density at radius 2 is 2.38 bits per heavy atom. The molecule has 1 rings (SSSR count). The van der Waals surface area contributed by atoms with Gasteiger partial charge in [-0.2, -0.15) is 0 Å². The number of rotatable bonds is 3. The number of nitrogens with zero attached hydrogens (tertiary/aromatic N) is 1. The SMILES string of the molecule is C/C=C/COc1ncc(C)cc1N. The molecular weight excluding hydrogens is 164 g/mol. The van der Waals surface area contributed by atoms with Crippen molar-refractivity contribution in [3.05, 3.63) is 30.0 Å². The Bertz CT molecular complexity index is 308. The Morgan fingerprint density at radius 3 is 3.00 bits per heavy atom. The van der Waals surface area contributed by atoms with Crippen molar-refractivity contribution >= 4 is 5.69 Å². The topological polar surface area (TPSA) is 48.1 Å². The normalized spacial score (nSPS) is 10.6. The Kier molecular flexibility index (Phi) is 3.31. The van der Waals surface area contributed by atoms with Crippen LogP contribution in [0.4, 0.5) is 5.69 Å². The summed E-state index contributed by atoms with van der Waals surface area (Å²) in [6, 6.07) is 1.85. The largest absolute Gasteiger partial charge is 0.472 e. The van der Waals surface area contributed by atoms with Crippen LogP contribution in [0, 0.1) is 6.92 Å². The summed E-state index contributed by atoms with van der Waals surface area (Å²) < 4.78 is 5.31. The van der Waals surface area contributed by atoms with Crippen molar-refractivity contribution in [1.82, 2.24) is 4.98 Å². The number of nitrogens with two attached hydrogens (primary N) is 1. The molecule has 0 radical (unpaired) electrons. The summed E-state index contributed by atoms with van der Waals surface area (Å²) >= 11 is 0. The molecule has 1 heterocycles. The second-order valence-corrected chi connectivity index (χ2v) is 2.79. The zero-order valence-corrected chi connectivity index (χ0v) is 7.95. The van der Waals surface area contributed by atoms with Gasteiger partial charge in [0.05, 0.1) is 5.69 Å². The van der Waals surface area contributed by atoms with E-state index in [1.54, 1.807) is 6.20 Å². The lowest BCUT2D eigenvalue weighted by molar-refractivity contribution is 0.350. The number of aryl methyl sites for hydroxylation is 1. The quantitative estimate of drug-likeness (QED) is 0.719. The van der Waals surface area contributed by atoms with Crippen molar-refractivity contribution in [2.75, 3.05) is 12.3 Å². The highest BCUT2D eigenvalue weighted by Gasteiger charge is 1.99. The Balaban J connectivity index is 2.66. The van der Waals surface area contributed by atoms with Gasteiger partial charge in [-0.3, -0.25) is 0 Å². The maximum absolute atomic E-state index is 5.69. The van der Waals surface area contributed by atoms with E-state index >= 15 is 0 Å². The number of allylic oxidation sites excluding steroid dienone is 1. The van der Waals surface area contributed by atoms with Crippen LogP contribution < -0.4 is 10.5 Å². The van der Waals surface area contributed by atoms with E-state index in [2.05, 4.69) is 4.98 Å². The Morgan fingerprint density at radius 1 is 1.62 bits per heavy atom. The molecule has 2 N–H and O–H groups in total. The van der Waals surface area contributed by atoms with Crippen molar-refractivity contribution < 1.29 is 4.74 Å². The molecule has 0 fully saturated rings. The molecule has 0 spiro atoms. The first-order valence-electron chi connectivity index (χ1n) is 4.20. The van der Waals surface area contributed by atoms with Crippen LogP contribution in [0.1, 0.15) is 12.5 Å². The third kappa shape index (κ3) is 2.78. The average Bonchev–Trinajstić information content (AvgIpc) is 2.09. The van der Waals surface area contributed by atoms with Crippen LogP contribution in [-0.2, 0) is 0 Å². The molecule has 70 valence electrons. The van der Waals surface area contributed by atoms with Crippen LogP contribution in [0.3, 0.4) is 0 Å². The smallest absolute Gasteiger partial charge is 0.237 e. The minimum Gasteiger partial charge on any atom is -0.472 e. The van der Waals surface area contributed by atoms with E-state index in [0.717, 1.165) is 5.56 Å². The Hall–Kier alpha value is -1.51. The molecule has 0 bridgehead atoms. The Labute approximate surface area is 78.2 Å². The summed E-state index contributed by atoms with van der Waals surface area (Å²) in [6.07, 6.45) is 5.56. The number of ether oxygens (including phenoxy) is 1. The van der Waals surface area contributed by atoms with Gasteiger partial charge in [0.15, 0.2) is 0 Å². The first-order chi connectivity index (χ1) is 6.24. The number of pyridine rings is 1. The zero-order chi connectivity index (χ0) is 9.68. The minimum atomic E-state index is 0.503. The summed E-state index contributed by atoms with van der Waals surface area (Å²) in [7, 11) is 0. The minimum absolute atomic E-state index is 0.503. The number of hydrogen-bond donors (Lipinski definition) is 1. The second-order valence-electron chi connectivity index (χ2n) is 2.79. The second kappa shape index (κ2) is 4.50. The third-order valence-electron chi connectivity index (χ3n) is 1.57. The standard InChI is InChI=1S/C10H14N2O/c1-3-4-5-13-10-9(11)6-8(2)7-12-10/h3-4,6-7H,5,11H2,1-2H3/b4-3+. The van der Waals surface area contributed by atoms with Crippen LogP contribution in [0.25, 0.3) is 0 Å². The van der Waals surface area contributed by atoms with Gasteiger partial charge >= 0.3 is 0 Å². The van der Waals surface area contributed by atoms with Gasteiger partial charge in [0.1, 0.15) is 6.61 Å². The average molecular weight is 178 g/mol. The molecule has 0 aliphatic carbocycles. The molecule has 3 nitrogen and oxygen atoms in total. The molecule has 3 heteroatoms. The summed E-state index contributed by atoms with van der Waals surface area (Å²) in [5.41, 5.74) is 7.32. The molecule has 0 aromatic carbocycles. The van der Waals surface area contributed by atoms with Crippen molar-refractivity contribution in [1.29, 1.82) is 0 Å². The number of hydrogen-bond acceptors (Lipinski definition) is 3.